The summed E-state index contributed by atoms with van der Waals surface area (Å²) in [4.78, 5) is 5.01. The normalized spacial score (nSPS) is 20.1. The Bertz CT molecular complexity index is 895. The molecule has 28 heavy (non-hydrogen) atoms. The molecule has 2 saturated heterocycles. The number of anilines is 1. The molecule has 0 aliphatic carbocycles. The highest BCUT2D eigenvalue weighted by Crippen LogP contribution is 2.43. The van der Waals surface area contributed by atoms with Crippen molar-refractivity contribution in [3.63, 3.8) is 0 Å². The highest BCUT2D eigenvalue weighted by molar-refractivity contribution is 7.89. The first kappa shape index (κ1) is 19.4. The number of sulfonamides is 1. The molecule has 2 fully saturated rings. The fourth-order valence-corrected chi connectivity index (χ4v) is 5.96. The van der Waals surface area contributed by atoms with Crippen LogP contribution < -0.4 is 4.90 Å². The van der Waals surface area contributed by atoms with Crippen LogP contribution in [0, 0.1) is 5.41 Å². The highest BCUT2D eigenvalue weighted by atomic mass is 32.2. The van der Waals surface area contributed by atoms with E-state index in [1.807, 2.05) is 6.07 Å². The second kappa shape index (κ2) is 7.50. The Hall–Kier alpha value is -1.89. The molecule has 0 saturated carbocycles. The minimum atomic E-state index is -3.34. The molecule has 0 atom stereocenters. The van der Waals surface area contributed by atoms with E-state index < -0.39 is 10.0 Å². The van der Waals surface area contributed by atoms with E-state index in [-0.39, 0.29) is 5.41 Å². The molecule has 2 aliphatic heterocycles. The molecule has 1 spiro atoms. The SMILES string of the molecule is CN(C)c1ccc(CN2CCC3(CC2)CN(S(=O)(=O)c2ccccc2)C3)cc1. The average molecular weight is 400 g/mol. The van der Waals surface area contributed by atoms with E-state index in [0.29, 0.717) is 18.0 Å². The predicted molar refractivity (Wildman–Crippen MR) is 113 cm³/mol. The zero-order chi connectivity index (χ0) is 19.8. The van der Waals surface area contributed by atoms with E-state index in [0.717, 1.165) is 32.5 Å². The summed E-state index contributed by atoms with van der Waals surface area (Å²) in [6.45, 7) is 4.37. The van der Waals surface area contributed by atoms with Crippen molar-refractivity contribution in [1.82, 2.24) is 9.21 Å². The van der Waals surface area contributed by atoms with Crippen molar-refractivity contribution in [3.05, 3.63) is 60.2 Å². The molecule has 0 aromatic heterocycles. The van der Waals surface area contributed by atoms with Crippen LogP contribution in [0.2, 0.25) is 0 Å². The number of benzene rings is 2. The largest absolute Gasteiger partial charge is 0.378 e. The van der Waals surface area contributed by atoms with Gasteiger partial charge in [0, 0.05) is 44.8 Å². The molecule has 6 heteroatoms. The second-order valence-corrected chi connectivity index (χ2v) is 10.4. The summed E-state index contributed by atoms with van der Waals surface area (Å²) in [5.41, 5.74) is 2.73. The van der Waals surface area contributed by atoms with E-state index in [4.69, 9.17) is 0 Å². The quantitative estimate of drug-likeness (QED) is 0.775. The minimum Gasteiger partial charge on any atom is -0.378 e. The third-order valence-corrected chi connectivity index (χ3v) is 7.99. The lowest BCUT2D eigenvalue weighted by molar-refractivity contribution is -0.00139. The first-order chi connectivity index (χ1) is 13.4. The first-order valence-corrected chi connectivity index (χ1v) is 11.4. The Morgan fingerprint density at radius 1 is 0.929 bits per heavy atom. The third kappa shape index (κ3) is 3.81. The molecule has 0 unspecified atom stereocenters. The molecule has 2 aliphatic rings. The zero-order valence-electron chi connectivity index (χ0n) is 16.7. The summed E-state index contributed by atoms with van der Waals surface area (Å²) < 4.78 is 27.1. The summed E-state index contributed by atoms with van der Waals surface area (Å²) in [7, 11) is 0.774. The lowest BCUT2D eigenvalue weighted by Gasteiger charge is -2.53. The van der Waals surface area contributed by atoms with Gasteiger partial charge < -0.3 is 4.90 Å². The summed E-state index contributed by atoms with van der Waals surface area (Å²) in [6, 6.07) is 17.5. The Balaban J connectivity index is 1.30. The number of hydrogen-bond donors (Lipinski definition) is 0. The van der Waals surface area contributed by atoms with Gasteiger partial charge in [0.25, 0.3) is 0 Å². The number of nitrogens with zero attached hydrogens (tertiary/aromatic N) is 3. The number of piperidine rings is 1. The molecular formula is C22H29N3O2S. The van der Waals surface area contributed by atoms with Crippen LogP contribution in [0.25, 0.3) is 0 Å². The van der Waals surface area contributed by atoms with E-state index in [2.05, 4.69) is 48.2 Å². The number of likely N-dealkylation sites (tertiary alicyclic amines) is 1. The molecule has 2 aromatic carbocycles. The van der Waals surface area contributed by atoms with Gasteiger partial charge >= 0.3 is 0 Å². The van der Waals surface area contributed by atoms with Crippen LogP contribution in [0.15, 0.2) is 59.5 Å². The maximum Gasteiger partial charge on any atom is 0.243 e. The average Bonchev–Trinajstić information content (AvgIpc) is 2.68. The van der Waals surface area contributed by atoms with Gasteiger partial charge in [-0.15, -0.1) is 0 Å². The van der Waals surface area contributed by atoms with Crippen LogP contribution in [0.1, 0.15) is 18.4 Å². The van der Waals surface area contributed by atoms with Crippen LogP contribution in [0.5, 0.6) is 0 Å². The van der Waals surface area contributed by atoms with Gasteiger partial charge in [0.1, 0.15) is 0 Å². The standard InChI is InChI=1S/C22H29N3O2S/c1-23(2)20-10-8-19(9-11-20)16-24-14-12-22(13-15-24)17-25(18-22)28(26,27)21-6-4-3-5-7-21/h3-11H,12-18H2,1-2H3. The number of hydrogen-bond acceptors (Lipinski definition) is 4. The third-order valence-electron chi connectivity index (χ3n) is 6.18. The van der Waals surface area contributed by atoms with Crippen LogP contribution >= 0.6 is 0 Å². The van der Waals surface area contributed by atoms with Crippen molar-refractivity contribution < 1.29 is 8.42 Å². The van der Waals surface area contributed by atoms with Gasteiger partial charge in [-0.05, 0) is 55.8 Å². The summed E-state index contributed by atoms with van der Waals surface area (Å²) in [5, 5.41) is 0. The van der Waals surface area contributed by atoms with Crippen molar-refractivity contribution >= 4 is 15.7 Å². The molecule has 2 heterocycles. The Labute approximate surface area is 168 Å². The van der Waals surface area contributed by atoms with E-state index in [9.17, 15) is 8.42 Å². The predicted octanol–water partition coefficient (Wildman–Crippen LogP) is 3.04. The van der Waals surface area contributed by atoms with E-state index in [1.165, 1.54) is 11.3 Å². The molecular weight excluding hydrogens is 370 g/mol. The molecule has 150 valence electrons. The van der Waals surface area contributed by atoms with Gasteiger partial charge in [0.2, 0.25) is 10.0 Å². The molecule has 0 radical (unpaired) electrons. The van der Waals surface area contributed by atoms with Crippen molar-refractivity contribution in [2.45, 2.75) is 24.3 Å². The molecule has 0 amide bonds. The summed E-state index contributed by atoms with van der Waals surface area (Å²) in [6.07, 6.45) is 2.15. The van der Waals surface area contributed by atoms with Gasteiger partial charge in [0.15, 0.2) is 0 Å². The molecule has 4 rings (SSSR count). The lowest BCUT2D eigenvalue weighted by Crippen LogP contribution is -2.61. The fourth-order valence-electron chi connectivity index (χ4n) is 4.27. The fraction of sp³-hybridized carbons (Fsp3) is 0.455. The zero-order valence-corrected chi connectivity index (χ0v) is 17.5. The second-order valence-electron chi connectivity index (χ2n) is 8.42. The van der Waals surface area contributed by atoms with Gasteiger partial charge in [-0.1, -0.05) is 30.3 Å². The van der Waals surface area contributed by atoms with Crippen LogP contribution in [0.3, 0.4) is 0 Å². The van der Waals surface area contributed by atoms with Crippen LogP contribution in [-0.4, -0.2) is 57.9 Å². The lowest BCUT2D eigenvalue weighted by atomic mass is 9.73. The maximum absolute atomic E-state index is 12.7. The minimum absolute atomic E-state index is 0.174. The first-order valence-electron chi connectivity index (χ1n) is 9.92. The highest BCUT2D eigenvalue weighted by Gasteiger charge is 2.49. The molecule has 2 aromatic rings. The summed E-state index contributed by atoms with van der Waals surface area (Å²) >= 11 is 0. The number of rotatable bonds is 5. The van der Waals surface area contributed by atoms with Crippen LogP contribution in [0.4, 0.5) is 5.69 Å². The van der Waals surface area contributed by atoms with Crippen molar-refractivity contribution in [1.29, 1.82) is 0 Å². The summed E-state index contributed by atoms with van der Waals surface area (Å²) in [5.74, 6) is 0. The van der Waals surface area contributed by atoms with E-state index in [1.54, 1.807) is 28.6 Å². The Morgan fingerprint density at radius 3 is 2.11 bits per heavy atom. The maximum atomic E-state index is 12.7. The molecule has 5 nitrogen and oxygen atoms in total. The van der Waals surface area contributed by atoms with Crippen molar-refractivity contribution in [2.75, 3.05) is 45.2 Å². The van der Waals surface area contributed by atoms with Gasteiger partial charge in [-0.2, -0.15) is 4.31 Å². The smallest absolute Gasteiger partial charge is 0.243 e. The van der Waals surface area contributed by atoms with Crippen LogP contribution in [-0.2, 0) is 16.6 Å². The topological polar surface area (TPSA) is 43.9 Å². The molecule has 0 N–H and O–H groups in total. The van der Waals surface area contributed by atoms with Gasteiger partial charge in [0.05, 0.1) is 4.90 Å². The van der Waals surface area contributed by atoms with E-state index >= 15 is 0 Å². The monoisotopic (exact) mass is 399 g/mol. The van der Waals surface area contributed by atoms with Gasteiger partial charge in [-0.3, -0.25) is 4.90 Å². The molecule has 0 bridgehead atoms. The Kier molecular flexibility index (Phi) is 5.21. The Morgan fingerprint density at radius 2 is 1.54 bits per heavy atom. The van der Waals surface area contributed by atoms with Crippen molar-refractivity contribution in [2.24, 2.45) is 5.41 Å². The van der Waals surface area contributed by atoms with Crippen molar-refractivity contribution in [3.8, 4) is 0 Å². The van der Waals surface area contributed by atoms with Gasteiger partial charge in [-0.25, -0.2) is 8.42 Å².